The van der Waals surface area contributed by atoms with Crippen LogP contribution in [-0.2, 0) is 44.9 Å². The van der Waals surface area contributed by atoms with Gasteiger partial charge in [0.1, 0.15) is 46.0 Å². The number of anilines is 8. The zero-order chi connectivity index (χ0) is 95.2. The highest BCUT2D eigenvalue weighted by molar-refractivity contribution is 7.87. The first-order chi connectivity index (χ1) is 66.6. The van der Waals surface area contributed by atoms with E-state index in [2.05, 4.69) is 134 Å². The summed E-state index contributed by atoms with van der Waals surface area (Å²) in [7, 11) is 16.8. The van der Waals surface area contributed by atoms with Crippen molar-refractivity contribution < 1.29 is 46.3 Å². The van der Waals surface area contributed by atoms with Gasteiger partial charge in [-0.2, -0.15) is 28.8 Å². The van der Waals surface area contributed by atoms with Crippen molar-refractivity contribution in [3.63, 3.8) is 0 Å². The molecule has 0 bridgehead atoms. The largest absolute Gasteiger partial charge is 0.497 e. The van der Waals surface area contributed by atoms with Crippen molar-refractivity contribution in [2.75, 3.05) is 129 Å². The quantitative estimate of drug-likeness (QED) is 0.0378. The van der Waals surface area contributed by atoms with Crippen molar-refractivity contribution >= 4 is 111 Å². The second-order valence-corrected chi connectivity index (χ2v) is 36.4. The summed E-state index contributed by atoms with van der Waals surface area (Å²) in [6.07, 6.45) is 29.6. The molecule has 1 saturated heterocycles. The molecule has 2 N–H and O–H groups in total. The van der Waals surface area contributed by atoms with Gasteiger partial charge in [0.15, 0.2) is 0 Å². The zero-order valence-electron chi connectivity index (χ0n) is 78.9. The number of fused-ring (bicyclic) bond motifs is 4. The van der Waals surface area contributed by atoms with E-state index in [0.717, 1.165) is 196 Å². The number of aromatic nitrogens is 17. The summed E-state index contributed by atoms with van der Waals surface area (Å²) < 4.78 is 80.4. The molecule has 2 saturated carbocycles. The Bertz CT molecular complexity index is 7130. The molecule has 0 spiro atoms. The minimum absolute atomic E-state index is 0. The van der Waals surface area contributed by atoms with Gasteiger partial charge in [-0.15, -0.1) is 11.3 Å². The van der Waals surface area contributed by atoms with E-state index in [9.17, 15) is 8.42 Å². The average molecular weight is 1980 g/mol. The number of nitrogens with zero attached hydrogens (tertiary/aromatic N) is 22. The van der Waals surface area contributed by atoms with Gasteiger partial charge >= 0.3 is 0 Å². The molecule has 20 rings (SSSR count). The number of thiazole rings is 1. The number of hydrogen-bond acceptors (Lipinski definition) is 29. The molecule has 143 heavy (non-hydrogen) atoms. The van der Waals surface area contributed by atoms with Crippen molar-refractivity contribution in [1.82, 2.24) is 98.3 Å². The van der Waals surface area contributed by atoms with E-state index in [0.29, 0.717) is 59.1 Å². The van der Waals surface area contributed by atoms with Gasteiger partial charge in [0.25, 0.3) is 10.2 Å². The molecule has 9 aromatic heterocycles. The van der Waals surface area contributed by atoms with Gasteiger partial charge in [0, 0.05) is 239 Å². The average Bonchev–Trinajstić information content (AvgIpc) is 1.77. The Morgan fingerprint density at radius 2 is 0.699 bits per heavy atom. The lowest BCUT2D eigenvalue weighted by Gasteiger charge is -2.28. The molecule has 3 fully saturated rings. The maximum Gasteiger partial charge on any atom is 0.276 e. The number of ether oxygens (including phenoxy) is 8. The number of methoxy groups -OCH3 is 7. The normalized spacial score (nSPS) is 12.5. The summed E-state index contributed by atoms with van der Waals surface area (Å²) >= 11 is 1.64. The van der Waals surface area contributed by atoms with Crippen LogP contribution in [0.1, 0.15) is 93.8 Å². The highest BCUT2D eigenvalue weighted by Crippen LogP contribution is 2.43. The predicted molar refractivity (Wildman–Crippen MR) is 575 cm³/mol. The molecule has 0 unspecified atom stereocenters. The third-order valence-electron chi connectivity index (χ3n) is 23.8. The van der Waals surface area contributed by atoms with Gasteiger partial charge in [-0.3, -0.25) is 38.7 Å². The Labute approximate surface area is 843 Å². The Morgan fingerprint density at radius 3 is 1.02 bits per heavy atom. The van der Waals surface area contributed by atoms with E-state index in [-0.39, 0.29) is 51.1 Å². The van der Waals surface area contributed by atoms with E-state index >= 15 is 0 Å². The number of likely N-dealkylation sites (tertiary alicyclic amines) is 1. The van der Waals surface area contributed by atoms with Gasteiger partial charge in [0.2, 0.25) is 0 Å². The van der Waals surface area contributed by atoms with Crippen LogP contribution in [0.3, 0.4) is 0 Å². The Kier molecular flexibility index (Phi) is 37.5. The lowest BCUT2D eigenvalue weighted by Crippen LogP contribution is -2.38. The molecule has 3 aliphatic rings. The SMILES string of the molecule is C.C.C.C.C.C.CNS(=O)(=O)NCCN(c1cc(OC)cc(OC)c1)c1ccc2ncc(-c3cnn(C)c3)nc2c1.COc1cc(OC)cc(N(CCN2CCCC2)c2ccc3ncc(-c4cnn(C)c4)nc3c2)c1.COc1cc(OC)cc(N(Cc2csc(C)n2)c2ccc3ncc(-c4cnn(C)c4)nc3c2)c1.COc1cc(OCC2CC2)cc(N(CC2CC2)c2ccc3ncc(-c4cnn(C)c4)nc3c2)c1. The standard InChI is InChI=1S/C27H29N5O2.C26H30N6O2.C25H24N6O2S.C23H27N7O4S.6CH4/c1-31-16-20(13-29-31)27-14-28-25-8-7-21(11-26(25)30-27)32(15-18-3-4-18)22-9-23(33-2)12-24(10-22)34-17-19-5-6-19;1-30-18-19(16-28-30)26-17-27-24-7-6-20(14-25(24)29-26)32(11-10-31-8-4-5-9-31)21-12-22(33-2)15-23(13-21)34-3;1-16-28-18(15-34-16)14-31(20-7-21(32-3)10-22(8-20)33-4)19-5-6-23-24(9-19)29-25(12-26-23)17-11-27-30(2)13-17;1-24-35(31,32)27-7-8-30(18-9-19(33-3)12-20(10-18)34-4)17-5-6-21-22(11-17)28-23(14-25-21)16-13-26-29(2)15-16;;;;;;/h7-14,16,18-19H,3-6,15,17H2,1-2H3;6-7,12-18H,4-5,8-11H2,1-3H3;5-13,15H,14H2,1-4H3;5-6,9-15,24,27H,7-8H2,1-4H3;6*1H4. The van der Waals surface area contributed by atoms with Crippen molar-refractivity contribution in [3.05, 3.63) is 236 Å². The van der Waals surface area contributed by atoms with Gasteiger partial charge in [-0.25, -0.2) is 34.4 Å². The number of hydrogen-bond donors (Lipinski definition) is 2. The second kappa shape index (κ2) is 49.4. The van der Waals surface area contributed by atoms with E-state index < -0.39 is 10.2 Å². The zero-order valence-corrected chi connectivity index (χ0v) is 80.5. The molecule has 0 atom stereocenters. The molecular formula is C107H134N24O10S2. The van der Waals surface area contributed by atoms with Gasteiger partial charge in [0.05, 0.1) is 190 Å². The highest BCUT2D eigenvalue weighted by atomic mass is 32.2. The first-order valence-electron chi connectivity index (χ1n) is 45.1. The Hall–Kier alpha value is -15.0. The molecular weight excluding hydrogens is 1850 g/mol. The molecule has 1 aliphatic heterocycles. The monoisotopic (exact) mass is 1980 g/mol. The van der Waals surface area contributed by atoms with Crippen LogP contribution in [0.5, 0.6) is 46.0 Å². The van der Waals surface area contributed by atoms with Crippen LogP contribution >= 0.6 is 11.3 Å². The molecule has 34 nitrogen and oxygen atoms in total. The minimum atomic E-state index is -3.58. The molecule has 2 aliphatic carbocycles. The van der Waals surface area contributed by atoms with Gasteiger partial charge in [-0.05, 0) is 143 Å². The van der Waals surface area contributed by atoms with Crippen LogP contribution in [0.15, 0.2) is 225 Å². The fourth-order valence-electron chi connectivity index (χ4n) is 16.0. The number of rotatable bonds is 34. The molecule has 0 radical (unpaired) electrons. The van der Waals surface area contributed by atoms with Crippen LogP contribution < -0.4 is 66.9 Å². The van der Waals surface area contributed by atoms with Crippen LogP contribution in [-0.4, -0.2) is 207 Å². The first-order valence-corrected chi connectivity index (χ1v) is 47.4. The molecule has 754 valence electrons. The lowest BCUT2D eigenvalue weighted by molar-refractivity contribution is 0.297. The van der Waals surface area contributed by atoms with E-state index in [4.69, 9.17) is 57.8 Å². The van der Waals surface area contributed by atoms with Crippen molar-refractivity contribution in [2.24, 2.45) is 40.0 Å². The number of benzene rings is 8. The second-order valence-electron chi connectivity index (χ2n) is 33.6. The third kappa shape index (κ3) is 27.4. The van der Waals surface area contributed by atoms with Crippen molar-refractivity contribution in [1.29, 1.82) is 0 Å². The van der Waals surface area contributed by atoms with Crippen LogP contribution in [0, 0.1) is 18.8 Å². The first kappa shape index (κ1) is 108. The topological polar surface area (TPSA) is 336 Å². The maximum atomic E-state index is 11.9. The number of aryl methyl sites for hydroxylation is 5. The Morgan fingerprint density at radius 1 is 0.378 bits per heavy atom. The predicted octanol–water partition coefficient (Wildman–Crippen LogP) is 20.9. The molecule has 17 aromatic rings. The maximum absolute atomic E-state index is 11.9. The minimum Gasteiger partial charge on any atom is -0.497 e. The fraction of sp³-hybridized carbons (Fsp3) is 0.336. The van der Waals surface area contributed by atoms with Crippen LogP contribution in [0.25, 0.3) is 89.2 Å². The van der Waals surface area contributed by atoms with Crippen molar-refractivity contribution in [3.8, 4) is 91.0 Å². The van der Waals surface area contributed by atoms with Crippen LogP contribution in [0.2, 0.25) is 0 Å². The molecule has 36 heteroatoms. The fourth-order valence-corrected chi connectivity index (χ4v) is 17.1. The Balaban J connectivity index is 0.000000179. The highest BCUT2D eigenvalue weighted by Gasteiger charge is 2.29. The summed E-state index contributed by atoms with van der Waals surface area (Å²) in [5, 5.41) is 20.1. The summed E-state index contributed by atoms with van der Waals surface area (Å²) in [6.45, 7) is 8.96. The van der Waals surface area contributed by atoms with E-state index in [1.54, 1.807) is 117 Å². The summed E-state index contributed by atoms with van der Waals surface area (Å²) in [5.41, 5.74) is 22.0. The van der Waals surface area contributed by atoms with Gasteiger partial charge in [-0.1, -0.05) is 44.6 Å². The number of nitrogens with one attached hydrogen (secondary N) is 2. The summed E-state index contributed by atoms with van der Waals surface area (Å²) in [5.74, 6) is 7.25. The molecule has 10 heterocycles. The smallest absolute Gasteiger partial charge is 0.276 e. The van der Waals surface area contributed by atoms with Gasteiger partial charge < -0.3 is 62.4 Å². The van der Waals surface area contributed by atoms with E-state index in [1.807, 2.05) is 168 Å². The third-order valence-corrected chi connectivity index (χ3v) is 25.7. The molecule has 8 aromatic carbocycles. The molecule has 0 amide bonds. The summed E-state index contributed by atoms with van der Waals surface area (Å²) in [6, 6.07) is 47.9. The van der Waals surface area contributed by atoms with Crippen LogP contribution in [0.4, 0.5) is 45.5 Å². The lowest BCUT2D eigenvalue weighted by atomic mass is 10.1. The van der Waals surface area contributed by atoms with E-state index in [1.165, 1.54) is 45.6 Å². The summed E-state index contributed by atoms with van der Waals surface area (Å²) in [4.78, 5) is 53.9. The van der Waals surface area contributed by atoms with Crippen molar-refractivity contribution in [2.45, 2.75) is 96.6 Å².